The normalized spacial score (nSPS) is 21.2. The molecule has 4 aromatic carbocycles. The summed E-state index contributed by atoms with van der Waals surface area (Å²) in [6, 6.07) is 25.6. The molecule has 208 valence electrons. The largest absolute Gasteiger partial charge is 0.497 e. The Bertz CT molecular complexity index is 1780. The average molecular weight is 620 g/mol. The Morgan fingerprint density at radius 3 is 2.19 bits per heavy atom. The first kappa shape index (κ1) is 26.4. The second-order valence-electron chi connectivity index (χ2n) is 10.7. The molecule has 3 atom stereocenters. The molecule has 0 aromatic heterocycles. The van der Waals surface area contributed by atoms with E-state index in [0.717, 1.165) is 15.7 Å². The summed E-state index contributed by atoms with van der Waals surface area (Å²) < 4.78 is 12.2. The Labute approximate surface area is 251 Å². The van der Waals surface area contributed by atoms with Gasteiger partial charge in [0.1, 0.15) is 23.0 Å². The third kappa shape index (κ3) is 3.53. The van der Waals surface area contributed by atoms with Gasteiger partial charge in [0.15, 0.2) is 17.3 Å². The molecule has 2 aliphatic heterocycles. The van der Waals surface area contributed by atoms with E-state index >= 15 is 0 Å². The lowest BCUT2D eigenvalue weighted by Crippen LogP contribution is -2.48. The molecular formula is C35H26BrNO5. The van der Waals surface area contributed by atoms with E-state index < -0.39 is 23.4 Å². The molecule has 0 amide bonds. The van der Waals surface area contributed by atoms with Crippen LogP contribution in [0, 0.1) is 5.41 Å². The Kier molecular flexibility index (Phi) is 6.17. The van der Waals surface area contributed by atoms with E-state index in [1.807, 2.05) is 59.5 Å². The van der Waals surface area contributed by atoms with Crippen LogP contribution in [0.2, 0.25) is 0 Å². The van der Waals surface area contributed by atoms with Crippen molar-refractivity contribution in [3.05, 3.63) is 129 Å². The van der Waals surface area contributed by atoms with Crippen LogP contribution in [0.4, 0.5) is 5.69 Å². The van der Waals surface area contributed by atoms with Gasteiger partial charge in [-0.2, -0.15) is 0 Å². The quantitative estimate of drug-likeness (QED) is 0.181. The van der Waals surface area contributed by atoms with Crippen molar-refractivity contribution < 1.29 is 23.9 Å². The number of halogens is 1. The van der Waals surface area contributed by atoms with Crippen LogP contribution in [0.25, 0.3) is 6.08 Å². The number of Topliss-reactive ketones (excluding diaryl/α,β-unsaturated/α-hetero) is 3. The van der Waals surface area contributed by atoms with E-state index in [9.17, 15) is 14.4 Å². The molecule has 0 saturated carbocycles. The zero-order chi connectivity index (χ0) is 29.2. The highest BCUT2D eigenvalue weighted by atomic mass is 79.9. The van der Waals surface area contributed by atoms with Gasteiger partial charge in [-0.3, -0.25) is 14.4 Å². The number of nitrogens with zero attached hydrogens (tertiary/aromatic N) is 1. The van der Waals surface area contributed by atoms with E-state index in [1.165, 1.54) is 0 Å². The maximum absolute atomic E-state index is 14.8. The van der Waals surface area contributed by atoms with Gasteiger partial charge in [0.25, 0.3) is 0 Å². The fourth-order valence-corrected chi connectivity index (χ4v) is 7.52. The monoisotopic (exact) mass is 619 g/mol. The van der Waals surface area contributed by atoms with E-state index in [4.69, 9.17) is 9.47 Å². The number of ether oxygens (including phenoxy) is 2. The molecule has 1 aliphatic carbocycles. The van der Waals surface area contributed by atoms with Crippen molar-refractivity contribution in [2.45, 2.75) is 18.0 Å². The minimum absolute atomic E-state index is 0.180. The Morgan fingerprint density at radius 2 is 1.52 bits per heavy atom. The van der Waals surface area contributed by atoms with Gasteiger partial charge >= 0.3 is 0 Å². The fourth-order valence-electron chi connectivity index (χ4n) is 7.14. The maximum Gasteiger partial charge on any atom is 0.185 e. The highest BCUT2D eigenvalue weighted by Crippen LogP contribution is 2.62. The van der Waals surface area contributed by atoms with Crippen molar-refractivity contribution in [2.24, 2.45) is 5.41 Å². The lowest BCUT2D eigenvalue weighted by molar-refractivity contribution is 0.0665. The number of ketones is 3. The van der Waals surface area contributed by atoms with Crippen LogP contribution in [0.15, 0.2) is 102 Å². The molecule has 7 rings (SSSR count). The SMILES string of the molecule is COc1ccc([C@H]2[C@H](C(=O)c3ccccc3)N3c4ccc(Br)cc4C=CC3C23C(=O)c2ccccc2C3=O)c(OC)c1. The number of anilines is 1. The smallest absolute Gasteiger partial charge is 0.185 e. The zero-order valence-electron chi connectivity index (χ0n) is 22.9. The first-order chi connectivity index (χ1) is 20.4. The molecule has 6 nitrogen and oxygen atoms in total. The molecule has 1 saturated heterocycles. The number of fused-ring (bicyclic) bond motifs is 5. The van der Waals surface area contributed by atoms with Crippen LogP contribution >= 0.6 is 15.9 Å². The molecule has 2 heterocycles. The summed E-state index contributed by atoms with van der Waals surface area (Å²) >= 11 is 3.57. The number of methoxy groups -OCH3 is 2. The minimum Gasteiger partial charge on any atom is -0.497 e. The molecule has 7 heteroatoms. The standard InChI is InChI=1S/C35H26BrNO5/c1-41-23-14-15-26(28(19-23)42-2)30-31(32(38)20-8-4-3-5-9-20)37-27-16-13-22(36)18-21(27)12-17-29(37)35(30)33(39)24-10-6-7-11-25(24)34(35)40/h3-19,29-31H,1-2H3/t29?,30-,31+/m0/s1. The first-order valence-corrected chi connectivity index (χ1v) is 14.5. The van der Waals surface area contributed by atoms with Gasteiger partial charge < -0.3 is 14.4 Å². The van der Waals surface area contributed by atoms with Crippen molar-refractivity contribution in [1.82, 2.24) is 0 Å². The van der Waals surface area contributed by atoms with Crippen molar-refractivity contribution >= 4 is 45.0 Å². The second-order valence-corrected chi connectivity index (χ2v) is 11.7. The van der Waals surface area contributed by atoms with E-state index in [0.29, 0.717) is 33.8 Å². The summed E-state index contributed by atoms with van der Waals surface area (Å²) in [5, 5.41) is 0. The number of benzene rings is 4. The Morgan fingerprint density at radius 1 is 0.833 bits per heavy atom. The predicted octanol–water partition coefficient (Wildman–Crippen LogP) is 6.78. The van der Waals surface area contributed by atoms with Crippen LogP contribution in [-0.2, 0) is 0 Å². The van der Waals surface area contributed by atoms with Gasteiger partial charge in [0.05, 0.1) is 20.3 Å². The summed E-state index contributed by atoms with van der Waals surface area (Å²) in [4.78, 5) is 46.3. The Balaban J connectivity index is 1.57. The number of carbonyl (C=O) groups excluding carboxylic acids is 3. The summed E-state index contributed by atoms with van der Waals surface area (Å²) in [6.07, 6.45) is 3.86. The summed E-state index contributed by atoms with van der Waals surface area (Å²) in [7, 11) is 3.11. The molecule has 1 fully saturated rings. The van der Waals surface area contributed by atoms with Gasteiger partial charge in [-0.15, -0.1) is 0 Å². The van der Waals surface area contributed by atoms with Gasteiger partial charge in [0.2, 0.25) is 0 Å². The molecule has 1 unspecified atom stereocenters. The lowest BCUT2D eigenvalue weighted by atomic mass is 9.64. The van der Waals surface area contributed by atoms with Crippen LogP contribution in [0.3, 0.4) is 0 Å². The minimum atomic E-state index is -1.61. The number of carbonyl (C=O) groups is 3. The van der Waals surface area contributed by atoms with Crippen LogP contribution < -0.4 is 14.4 Å². The molecule has 1 spiro atoms. The number of rotatable bonds is 5. The molecule has 0 N–H and O–H groups in total. The summed E-state index contributed by atoms with van der Waals surface area (Å²) in [5.41, 5.74) is 1.92. The lowest BCUT2D eigenvalue weighted by Gasteiger charge is -2.37. The maximum atomic E-state index is 14.8. The van der Waals surface area contributed by atoms with Gasteiger partial charge in [-0.05, 0) is 29.8 Å². The van der Waals surface area contributed by atoms with Gasteiger partial charge in [0, 0.05) is 44.4 Å². The van der Waals surface area contributed by atoms with Crippen molar-refractivity contribution in [3.8, 4) is 11.5 Å². The molecule has 4 aromatic rings. The third-order valence-corrected chi connectivity index (χ3v) is 9.36. The molecule has 3 aliphatic rings. The second kappa shape index (κ2) is 9.81. The van der Waals surface area contributed by atoms with E-state index in [1.54, 1.807) is 62.8 Å². The Hall–Kier alpha value is -4.49. The van der Waals surface area contributed by atoms with Crippen molar-refractivity contribution in [3.63, 3.8) is 0 Å². The van der Waals surface area contributed by atoms with Crippen LogP contribution in [0.5, 0.6) is 11.5 Å². The predicted molar refractivity (Wildman–Crippen MR) is 164 cm³/mol. The number of hydrogen-bond acceptors (Lipinski definition) is 6. The van der Waals surface area contributed by atoms with Crippen molar-refractivity contribution in [2.75, 3.05) is 19.1 Å². The fraction of sp³-hybridized carbons (Fsp3) is 0.171. The van der Waals surface area contributed by atoms with Crippen LogP contribution in [-0.4, -0.2) is 43.7 Å². The first-order valence-electron chi connectivity index (χ1n) is 13.7. The third-order valence-electron chi connectivity index (χ3n) is 8.87. The van der Waals surface area contributed by atoms with E-state index in [-0.39, 0.29) is 17.3 Å². The highest BCUT2D eigenvalue weighted by Gasteiger charge is 2.72. The number of hydrogen-bond donors (Lipinski definition) is 0. The average Bonchev–Trinajstić information content (AvgIpc) is 3.46. The van der Waals surface area contributed by atoms with Gasteiger partial charge in [-0.1, -0.05) is 88.7 Å². The summed E-state index contributed by atoms with van der Waals surface area (Å²) in [5.74, 6) is -0.609. The van der Waals surface area contributed by atoms with E-state index in [2.05, 4.69) is 15.9 Å². The molecular weight excluding hydrogens is 594 g/mol. The van der Waals surface area contributed by atoms with Crippen LogP contribution in [0.1, 0.15) is 48.1 Å². The highest BCUT2D eigenvalue weighted by molar-refractivity contribution is 9.10. The molecule has 0 bridgehead atoms. The van der Waals surface area contributed by atoms with Crippen molar-refractivity contribution in [1.29, 1.82) is 0 Å². The zero-order valence-corrected chi connectivity index (χ0v) is 24.5. The molecule has 42 heavy (non-hydrogen) atoms. The molecule has 0 radical (unpaired) electrons. The van der Waals surface area contributed by atoms with Gasteiger partial charge in [-0.25, -0.2) is 0 Å². The topological polar surface area (TPSA) is 72.9 Å². The summed E-state index contributed by atoms with van der Waals surface area (Å²) in [6.45, 7) is 0.